The summed E-state index contributed by atoms with van der Waals surface area (Å²) in [6, 6.07) is 9.54. The van der Waals surface area contributed by atoms with Gasteiger partial charge in [0.1, 0.15) is 31.6 Å². The quantitative estimate of drug-likeness (QED) is 0.572. The highest BCUT2D eigenvalue weighted by atomic mass is 32.2. The molecule has 3 rings (SSSR count). The van der Waals surface area contributed by atoms with Gasteiger partial charge in [0.15, 0.2) is 11.5 Å². The van der Waals surface area contributed by atoms with E-state index in [1.165, 1.54) is 51.2 Å². The Hall–Kier alpha value is -3.34. The first-order valence-corrected chi connectivity index (χ1v) is 12.4. The third-order valence-corrected chi connectivity index (χ3v) is 7.25. The van der Waals surface area contributed by atoms with E-state index in [1.54, 1.807) is 12.1 Å². The zero-order valence-corrected chi connectivity index (χ0v) is 20.1. The maximum Gasteiger partial charge on any atom is 0.244 e. The van der Waals surface area contributed by atoms with Crippen LogP contribution in [0.15, 0.2) is 42.5 Å². The van der Waals surface area contributed by atoms with Crippen LogP contribution in [0.4, 0.5) is 10.1 Å². The fourth-order valence-electron chi connectivity index (χ4n) is 3.51. The van der Waals surface area contributed by atoms with Gasteiger partial charge < -0.3 is 19.7 Å². The number of sulfonamides is 1. The van der Waals surface area contributed by atoms with Crippen LogP contribution in [-0.2, 0) is 26.2 Å². The zero-order valence-electron chi connectivity index (χ0n) is 19.3. The molecule has 0 saturated heterocycles. The molecule has 0 spiro atoms. The van der Waals surface area contributed by atoms with Crippen LogP contribution in [0.25, 0.3) is 0 Å². The Kier molecular flexibility index (Phi) is 7.98. The van der Waals surface area contributed by atoms with Crippen LogP contribution in [0.5, 0.6) is 11.5 Å². The molecular weight excluding hydrogens is 465 g/mol. The van der Waals surface area contributed by atoms with Gasteiger partial charge in [0.2, 0.25) is 21.8 Å². The van der Waals surface area contributed by atoms with E-state index >= 15 is 0 Å². The molecule has 2 aromatic rings. The number of anilines is 1. The summed E-state index contributed by atoms with van der Waals surface area (Å²) in [5.74, 6) is -1.07. The van der Waals surface area contributed by atoms with Crippen molar-refractivity contribution in [1.29, 1.82) is 0 Å². The Balaban J connectivity index is 1.96. The first-order chi connectivity index (χ1) is 16.2. The number of carbonyl (C=O) groups excluding carboxylic acids is 2. The molecule has 1 atom stereocenters. The number of halogens is 1. The minimum Gasteiger partial charge on any atom is -0.486 e. The van der Waals surface area contributed by atoms with Crippen LogP contribution in [0.3, 0.4) is 0 Å². The molecule has 0 aliphatic carbocycles. The minimum absolute atomic E-state index is 0.204. The summed E-state index contributed by atoms with van der Waals surface area (Å²) in [6.07, 6.45) is 0. The van der Waals surface area contributed by atoms with Gasteiger partial charge >= 0.3 is 0 Å². The van der Waals surface area contributed by atoms with Crippen molar-refractivity contribution in [2.45, 2.75) is 26.4 Å². The summed E-state index contributed by atoms with van der Waals surface area (Å²) < 4.78 is 52.2. The number of rotatable bonds is 9. The maximum atomic E-state index is 14.3. The van der Waals surface area contributed by atoms with E-state index in [1.807, 2.05) is 0 Å². The number of hydrogen-bond donors (Lipinski definition) is 1. The Morgan fingerprint density at radius 2 is 1.79 bits per heavy atom. The molecule has 11 heteroatoms. The number of benzene rings is 2. The van der Waals surface area contributed by atoms with Gasteiger partial charge in [-0.3, -0.25) is 13.9 Å². The molecule has 0 unspecified atom stereocenters. The number of fused-ring (bicyclic) bond motifs is 1. The van der Waals surface area contributed by atoms with Crippen molar-refractivity contribution < 1.29 is 31.9 Å². The second-order valence-corrected chi connectivity index (χ2v) is 9.82. The molecular formula is C23H28FN3O6S. The van der Waals surface area contributed by atoms with Crippen molar-refractivity contribution in [2.75, 3.05) is 36.9 Å². The zero-order chi connectivity index (χ0) is 24.9. The van der Waals surface area contributed by atoms with Crippen LogP contribution >= 0.6 is 0 Å². The Bertz CT molecular complexity index is 1160. The van der Waals surface area contributed by atoms with E-state index in [0.29, 0.717) is 24.7 Å². The average Bonchev–Trinajstić information content (AvgIpc) is 2.85. The molecule has 1 heterocycles. The predicted octanol–water partition coefficient (Wildman–Crippen LogP) is 1.92. The number of ether oxygens (including phenoxy) is 2. The van der Waals surface area contributed by atoms with Crippen LogP contribution < -0.4 is 19.1 Å². The predicted molar refractivity (Wildman–Crippen MR) is 125 cm³/mol. The van der Waals surface area contributed by atoms with Gasteiger partial charge in [-0.1, -0.05) is 18.2 Å². The molecule has 0 fully saturated rings. The first-order valence-electron chi connectivity index (χ1n) is 10.8. The van der Waals surface area contributed by atoms with E-state index < -0.39 is 40.2 Å². The second kappa shape index (κ2) is 10.7. The van der Waals surface area contributed by atoms with Gasteiger partial charge in [0.25, 0.3) is 0 Å². The molecule has 34 heavy (non-hydrogen) atoms. The smallest absolute Gasteiger partial charge is 0.244 e. The van der Waals surface area contributed by atoms with Crippen molar-refractivity contribution in [2.24, 2.45) is 0 Å². The lowest BCUT2D eigenvalue weighted by atomic mass is 10.1. The molecule has 1 N–H and O–H groups in total. The fraction of sp³-hybridized carbons (Fsp3) is 0.391. The number of carbonyl (C=O) groups is 2. The van der Waals surface area contributed by atoms with Crippen molar-refractivity contribution in [3.8, 4) is 11.5 Å². The van der Waals surface area contributed by atoms with Crippen LogP contribution in [0, 0.1) is 5.82 Å². The topological polar surface area (TPSA) is 105 Å². The third kappa shape index (κ3) is 5.58. The van der Waals surface area contributed by atoms with E-state index in [9.17, 15) is 22.4 Å². The van der Waals surface area contributed by atoms with E-state index in [4.69, 9.17) is 9.47 Å². The number of nitrogens with one attached hydrogen (secondary N) is 1. The highest BCUT2D eigenvalue weighted by Crippen LogP contribution is 2.35. The molecule has 2 amide bonds. The lowest BCUT2D eigenvalue weighted by molar-refractivity contribution is -0.139. The lowest BCUT2D eigenvalue weighted by Gasteiger charge is -2.32. The minimum atomic E-state index is -3.89. The van der Waals surface area contributed by atoms with Crippen LogP contribution in [0.1, 0.15) is 19.4 Å². The standard InChI is InChI=1S/C23H28FN3O6S/c1-4-34(30,31)27(18-9-10-20-21(13-18)33-12-11-32-20)15-22(28)26(16(2)23(29)25-3)14-17-7-5-6-8-19(17)24/h5-10,13,16H,4,11-12,14-15H2,1-3H3,(H,25,29)/t16-/m0/s1. The van der Waals surface area contributed by atoms with Crippen molar-refractivity contribution in [1.82, 2.24) is 10.2 Å². The van der Waals surface area contributed by atoms with Crippen LogP contribution in [-0.4, -0.2) is 63.7 Å². The SMILES string of the molecule is CCS(=O)(=O)N(CC(=O)N(Cc1ccccc1F)[C@@H](C)C(=O)NC)c1ccc2c(c1)OCCO2. The van der Waals surface area contributed by atoms with Gasteiger partial charge in [-0.15, -0.1) is 0 Å². The van der Waals surface area contributed by atoms with Crippen molar-refractivity contribution >= 4 is 27.5 Å². The molecule has 9 nitrogen and oxygen atoms in total. The van der Waals surface area contributed by atoms with E-state index in [-0.39, 0.29) is 23.5 Å². The van der Waals surface area contributed by atoms with Crippen molar-refractivity contribution in [3.05, 3.63) is 53.8 Å². The molecule has 1 aliphatic rings. The van der Waals surface area contributed by atoms with Crippen LogP contribution in [0.2, 0.25) is 0 Å². The summed E-state index contributed by atoms with van der Waals surface area (Å²) in [4.78, 5) is 26.9. The highest BCUT2D eigenvalue weighted by Gasteiger charge is 2.31. The Labute approximate surface area is 198 Å². The molecule has 0 radical (unpaired) electrons. The van der Waals surface area contributed by atoms with Gasteiger partial charge in [0.05, 0.1) is 11.4 Å². The summed E-state index contributed by atoms with van der Waals surface area (Å²) in [6.45, 7) is 2.88. The average molecular weight is 494 g/mol. The highest BCUT2D eigenvalue weighted by molar-refractivity contribution is 7.92. The normalized spacial score (nSPS) is 13.6. The number of hydrogen-bond acceptors (Lipinski definition) is 6. The molecule has 1 aliphatic heterocycles. The van der Waals surface area contributed by atoms with Crippen molar-refractivity contribution in [3.63, 3.8) is 0 Å². The number of likely N-dealkylation sites (N-methyl/N-ethyl adjacent to an activating group) is 1. The lowest BCUT2D eigenvalue weighted by Crippen LogP contribution is -2.51. The third-order valence-electron chi connectivity index (χ3n) is 5.51. The maximum absolute atomic E-state index is 14.3. The summed E-state index contributed by atoms with van der Waals surface area (Å²) >= 11 is 0. The molecule has 2 aromatic carbocycles. The molecule has 0 bridgehead atoms. The van der Waals surface area contributed by atoms with Gasteiger partial charge in [-0.25, -0.2) is 12.8 Å². The first kappa shape index (κ1) is 25.3. The Morgan fingerprint density at radius 1 is 1.12 bits per heavy atom. The van der Waals surface area contributed by atoms with Gasteiger partial charge in [-0.05, 0) is 32.0 Å². The van der Waals surface area contributed by atoms with Gasteiger partial charge in [0, 0.05) is 25.2 Å². The number of amides is 2. The van der Waals surface area contributed by atoms with Gasteiger partial charge in [-0.2, -0.15) is 0 Å². The summed E-state index contributed by atoms with van der Waals surface area (Å²) in [5.41, 5.74) is 0.425. The largest absolute Gasteiger partial charge is 0.486 e. The second-order valence-electron chi connectivity index (χ2n) is 7.64. The van der Waals surface area contributed by atoms with E-state index in [2.05, 4.69) is 5.32 Å². The molecule has 0 saturated carbocycles. The monoisotopic (exact) mass is 493 g/mol. The fourth-order valence-corrected chi connectivity index (χ4v) is 4.56. The molecule has 184 valence electrons. The summed E-state index contributed by atoms with van der Waals surface area (Å²) in [5, 5.41) is 2.47. The van der Waals surface area contributed by atoms with E-state index in [0.717, 1.165) is 9.21 Å². The number of nitrogens with zero attached hydrogens (tertiary/aromatic N) is 2. The summed E-state index contributed by atoms with van der Waals surface area (Å²) in [7, 11) is -2.46. The Morgan fingerprint density at radius 3 is 2.44 bits per heavy atom. The molecule has 0 aromatic heterocycles.